The Kier molecular flexibility index (Phi) is 7.91. The summed E-state index contributed by atoms with van der Waals surface area (Å²) in [6.07, 6.45) is -4.58. The number of halogens is 5. The fourth-order valence-corrected chi connectivity index (χ4v) is 4.48. The predicted molar refractivity (Wildman–Crippen MR) is 120 cm³/mol. The number of sulfone groups is 1. The van der Waals surface area contributed by atoms with Crippen LogP contribution in [0.1, 0.15) is 12.5 Å². The van der Waals surface area contributed by atoms with Crippen molar-refractivity contribution in [3.05, 3.63) is 77.1 Å². The van der Waals surface area contributed by atoms with E-state index in [4.69, 9.17) is 21.1 Å². The second kappa shape index (κ2) is 10.5. The van der Waals surface area contributed by atoms with Crippen molar-refractivity contribution in [3.63, 3.8) is 0 Å². The van der Waals surface area contributed by atoms with Crippen LogP contribution >= 0.6 is 11.6 Å². The highest BCUT2D eigenvalue weighted by Gasteiger charge is 2.31. The van der Waals surface area contributed by atoms with E-state index in [-0.39, 0.29) is 38.7 Å². The van der Waals surface area contributed by atoms with Crippen molar-refractivity contribution in [3.8, 4) is 17.2 Å². The first-order valence-corrected chi connectivity index (χ1v) is 11.7. The van der Waals surface area contributed by atoms with Crippen LogP contribution in [0.25, 0.3) is 0 Å². The molecule has 0 aromatic heterocycles. The Morgan fingerprint density at radius 3 is 2.29 bits per heavy atom. The average molecular weight is 532 g/mol. The third kappa shape index (κ3) is 6.43. The minimum Gasteiger partial charge on any atom is -0.486 e. The lowest BCUT2D eigenvalue weighted by Crippen LogP contribution is -2.11. The van der Waals surface area contributed by atoms with Gasteiger partial charge in [0.1, 0.15) is 41.7 Å². The lowest BCUT2D eigenvalue weighted by atomic mass is 10.2. The standard InChI is InChI=1S/C23H18ClF4NO5S/c1-14(29-32-2)13-33-21-12-17(34-20-9-3-15(11-19(20)24)23(26,27)28)6-10-22(21)35(30,31)18-7-4-16(25)5-8-18/h3-12H,13H2,1-2H3. The molecular weight excluding hydrogens is 514 g/mol. The van der Waals surface area contributed by atoms with Crippen molar-refractivity contribution in [2.45, 2.75) is 22.9 Å². The molecule has 0 atom stereocenters. The number of nitrogens with zero attached hydrogens (tertiary/aromatic N) is 1. The third-order valence-electron chi connectivity index (χ3n) is 4.50. The minimum atomic E-state index is -4.58. The van der Waals surface area contributed by atoms with E-state index in [1.54, 1.807) is 6.92 Å². The molecule has 186 valence electrons. The Labute approximate surface area is 203 Å². The van der Waals surface area contributed by atoms with E-state index in [0.717, 1.165) is 36.4 Å². The largest absolute Gasteiger partial charge is 0.486 e. The normalized spacial score (nSPS) is 12.4. The van der Waals surface area contributed by atoms with E-state index in [2.05, 4.69) is 9.99 Å². The average Bonchev–Trinajstić information content (AvgIpc) is 2.79. The fraction of sp³-hybridized carbons (Fsp3) is 0.174. The molecule has 3 rings (SSSR count). The first-order valence-electron chi connectivity index (χ1n) is 9.80. The molecule has 0 unspecified atom stereocenters. The van der Waals surface area contributed by atoms with Gasteiger partial charge in [0.05, 0.1) is 21.2 Å². The van der Waals surface area contributed by atoms with Gasteiger partial charge in [-0.2, -0.15) is 13.2 Å². The van der Waals surface area contributed by atoms with Gasteiger partial charge < -0.3 is 14.3 Å². The maximum Gasteiger partial charge on any atom is 0.416 e. The molecule has 0 saturated carbocycles. The van der Waals surface area contributed by atoms with Crippen LogP contribution in [0.15, 0.2) is 75.6 Å². The summed E-state index contributed by atoms with van der Waals surface area (Å²) in [6.45, 7) is 1.43. The highest BCUT2D eigenvalue weighted by atomic mass is 35.5. The topological polar surface area (TPSA) is 74.2 Å². The molecule has 6 nitrogen and oxygen atoms in total. The molecule has 3 aromatic rings. The lowest BCUT2D eigenvalue weighted by molar-refractivity contribution is -0.137. The fourth-order valence-electron chi connectivity index (χ4n) is 2.88. The molecule has 0 saturated heterocycles. The van der Waals surface area contributed by atoms with Crippen LogP contribution in [0.3, 0.4) is 0 Å². The van der Waals surface area contributed by atoms with Gasteiger partial charge in [-0.15, -0.1) is 0 Å². The molecule has 35 heavy (non-hydrogen) atoms. The zero-order valence-electron chi connectivity index (χ0n) is 18.3. The first kappa shape index (κ1) is 26.3. The van der Waals surface area contributed by atoms with Gasteiger partial charge >= 0.3 is 6.18 Å². The molecule has 0 aliphatic rings. The molecule has 3 aromatic carbocycles. The van der Waals surface area contributed by atoms with Gasteiger partial charge in [-0.05, 0) is 61.5 Å². The van der Waals surface area contributed by atoms with Gasteiger partial charge in [0.25, 0.3) is 0 Å². The second-order valence-electron chi connectivity index (χ2n) is 7.11. The maximum atomic E-state index is 13.3. The Morgan fingerprint density at radius 2 is 1.69 bits per heavy atom. The molecular formula is C23H18ClF4NO5S. The van der Waals surface area contributed by atoms with Crippen LogP contribution in [0, 0.1) is 5.82 Å². The summed E-state index contributed by atoms with van der Waals surface area (Å²) >= 11 is 5.95. The number of ether oxygens (including phenoxy) is 2. The molecule has 0 bridgehead atoms. The molecule has 0 amide bonds. The van der Waals surface area contributed by atoms with Crippen LogP contribution < -0.4 is 9.47 Å². The van der Waals surface area contributed by atoms with Crippen molar-refractivity contribution in [2.24, 2.45) is 5.16 Å². The predicted octanol–water partition coefficient (Wildman–Crippen LogP) is 6.52. The summed E-state index contributed by atoms with van der Waals surface area (Å²) in [4.78, 5) is 4.23. The van der Waals surface area contributed by atoms with Crippen molar-refractivity contribution in [1.29, 1.82) is 0 Å². The summed E-state index contributed by atoms with van der Waals surface area (Å²) in [5.41, 5.74) is -0.567. The van der Waals surface area contributed by atoms with Crippen LogP contribution in [0.5, 0.6) is 17.2 Å². The molecule has 0 radical (unpaired) electrons. The SMILES string of the molecule is CON=C(C)COc1cc(Oc2ccc(C(F)(F)F)cc2Cl)ccc1S(=O)(=O)c1ccc(F)cc1. The molecule has 0 fully saturated rings. The smallest absolute Gasteiger partial charge is 0.416 e. The Morgan fingerprint density at radius 1 is 1.00 bits per heavy atom. The van der Waals surface area contributed by atoms with Crippen molar-refractivity contribution in [1.82, 2.24) is 0 Å². The molecule has 0 N–H and O–H groups in total. The summed E-state index contributed by atoms with van der Waals surface area (Å²) in [7, 11) is -2.81. The first-order chi connectivity index (χ1) is 16.4. The highest BCUT2D eigenvalue weighted by Crippen LogP contribution is 2.38. The molecule has 0 spiro atoms. The highest BCUT2D eigenvalue weighted by molar-refractivity contribution is 7.91. The van der Waals surface area contributed by atoms with Crippen LogP contribution in [0.4, 0.5) is 17.6 Å². The van der Waals surface area contributed by atoms with Gasteiger partial charge in [0.2, 0.25) is 9.84 Å². The lowest BCUT2D eigenvalue weighted by Gasteiger charge is -2.15. The van der Waals surface area contributed by atoms with E-state index >= 15 is 0 Å². The molecule has 12 heteroatoms. The van der Waals surface area contributed by atoms with Gasteiger partial charge in [-0.25, -0.2) is 12.8 Å². The number of benzene rings is 3. The Hall–Kier alpha value is -3.31. The number of hydrogen-bond acceptors (Lipinski definition) is 6. The third-order valence-corrected chi connectivity index (χ3v) is 6.60. The van der Waals surface area contributed by atoms with Crippen LogP contribution in [-0.4, -0.2) is 27.8 Å². The zero-order chi connectivity index (χ0) is 25.8. The van der Waals surface area contributed by atoms with Gasteiger partial charge in [0, 0.05) is 6.07 Å². The minimum absolute atomic E-state index is 0.0426. The van der Waals surface area contributed by atoms with E-state index in [9.17, 15) is 26.0 Å². The van der Waals surface area contributed by atoms with E-state index in [1.165, 1.54) is 25.3 Å². The maximum absolute atomic E-state index is 13.3. The van der Waals surface area contributed by atoms with E-state index < -0.39 is 27.4 Å². The quantitative estimate of drug-likeness (QED) is 0.143. The second-order valence-corrected chi connectivity index (χ2v) is 9.43. The van der Waals surface area contributed by atoms with Gasteiger partial charge in [-0.3, -0.25) is 0 Å². The van der Waals surface area contributed by atoms with Gasteiger partial charge in [0.15, 0.2) is 0 Å². The van der Waals surface area contributed by atoms with Crippen molar-refractivity contribution in [2.75, 3.05) is 13.7 Å². The van der Waals surface area contributed by atoms with Crippen LogP contribution in [0.2, 0.25) is 5.02 Å². The number of alkyl halides is 3. The molecule has 0 aliphatic heterocycles. The monoisotopic (exact) mass is 531 g/mol. The summed E-state index contributed by atoms with van der Waals surface area (Å²) in [5.74, 6) is -0.789. The Bertz CT molecular complexity index is 1340. The summed E-state index contributed by atoms with van der Waals surface area (Å²) in [6, 6.07) is 10.5. The molecule has 0 aliphatic carbocycles. The summed E-state index contributed by atoms with van der Waals surface area (Å²) in [5, 5.41) is 3.39. The number of rotatable bonds is 8. The number of hydrogen-bond donors (Lipinski definition) is 0. The van der Waals surface area contributed by atoms with E-state index in [0.29, 0.717) is 11.8 Å². The van der Waals surface area contributed by atoms with Crippen molar-refractivity contribution < 1.29 is 40.3 Å². The molecule has 0 heterocycles. The number of oxime groups is 1. The van der Waals surface area contributed by atoms with E-state index in [1.807, 2.05) is 0 Å². The van der Waals surface area contributed by atoms with Gasteiger partial charge in [-0.1, -0.05) is 16.8 Å². The summed E-state index contributed by atoms with van der Waals surface area (Å²) < 4.78 is 89.5. The zero-order valence-corrected chi connectivity index (χ0v) is 19.8. The van der Waals surface area contributed by atoms with Crippen LogP contribution in [-0.2, 0) is 20.9 Å². The Balaban J connectivity index is 2.00. The van der Waals surface area contributed by atoms with Crippen molar-refractivity contribution >= 4 is 27.1 Å².